The Labute approximate surface area is 174 Å². The molecule has 6 heteroatoms. The van der Waals surface area contributed by atoms with Crippen LogP contribution in [0.5, 0.6) is 5.75 Å². The highest BCUT2D eigenvalue weighted by Gasteiger charge is 2.21. The van der Waals surface area contributed by atoms with Gasteiger partial charge in [-0.2, -0.15) is 0 Å². The largest absolute Gasteiger partial charge is 0.490 e. The molecule has 0 saturated carbocycles. The summed E-state index contributed by atoms with van der Waals surface area (Å²) in [6.07, 6.45) is 5.40. The molecule has 152 valence electrons. The van der Waals surface area contributed by atoms with Crippen molar-refractivity contribution in [2.45, 2.75) is 18.9 Å². The minimum absolute atomic E-state index is 0.240. The summed E-state index contributed by atoms with van der Waals surface area (Å²) in [5.74, 6) is 1.46. The van der Waals surface area contributed by atoms with Gasteiger partial charge in [-0.1, -0.05) is 18.2 Å². The van der Waals surface area contributed by atoms with Crippen LogP contribution in [0.4, 0.5) is 21.6 Å². The van der Waals surface area contributed by atoms with Gasteiger partial charge in [0.15, 0.2) is 0 Å². The first-order chi connectivity index (χ1) is 14.7. The van der Waals surface area contributed by atoms with Crippen LogP contribution in [0.3, 0.4) is 0 Å². The topological polar surface area (TPSA) is 53.2 Å². The van der Waals surface area contributed by atoms with Gasteiger partial charge in [-0.3, -0.25) is 0 Å². The van der Waals surface area contributed by atoms with Crippen LogP contribution in [0.2, 0.25) is 0 Å². The molecule has 0 aliphatic carbocycles. The standard InChI is InChI=1S/C24H23FN4O/c25-22-16-27-23-14-17(6-7-21(22)23)28-24-15-18(8-11-26-24)29-12-9-20(10-13-29)30-19-4-2-1-3-5-19/h1-8,11,14-16,20,27H,9-10,12-13H2,(H,26,28). The summed E-state index contributed by atoms with van der Waals surface area (Å²) in [6, 6.07) is 19.6. The van der Waals surface area contributed by atoms with E-state index in [1.165, 1.54) is 6.20 Å². The zero-order chi connectivity index (χ0) is 20.3. The summed E-state index contributed by atoms with van der Waals surface area (Å²) in [5.41, 5.74) is 2.76. The first kappa shape index (κ1) is 18.5. The fraction of sp³-hybridized carbons (Fsp3) is 0.208. The number of ether oxygens (including phenoxy) is 1. The number of nitrogens with one attached hydrogen (secondary N) is 2. The van der Waals surface area contributed by atoms with Crippen molar-refractivity contribution in [3.05, 3.63) is 78.9 Å². The molecule has 4 aromatic rings. The normalized spacial score (nSPS) is 14.8. The second kappa shape index (κ2) is 8.06. The Morgan fingerprint density at radius 3 is 2.70 bits per heavy atom. The SMILES string of the molecule is Fc1c[nH]c2cc(Nc3cc(N4CCC(Oc5ccccc5)CC4)ccn3)ccc12. The van der Waals surface area contributed by atoms with E-state index in [1.54, 1.807) is 6.07 Å². The van der Waals surface area contributed by atoms with Gasteiger partial charge in [0, 0.05) is 61.2 Å². The first-order valence-corrected chi connectivity index (χ1v) is 10.2. The molecule has 1 fully saturated rings. The quantitative estimate of drug-likeness (QED) is 0.463. The molecule has 0 spiro atoms. The highest BCUT2D eigenvalue weighted by Crippen LogP contribution is 2.27. The van der Waals surface area contributed by atoms with E-state index < -0.39 is 0 Å². The highest BCUT2D eigenvalue weighted by molar-refractivity contribution is 5.84. The number of anilines is 3. The predicted octanol–water partition coefficient (Wildman–Crippen LogP) is 5.49. The number of aromatic nitrogens is 2. The molecule has 5 nitrogen and oxygen atoms in total. The van der Waals surface area contributed by atoms with E-state index in [4.69, 9.17) is 4.74 Å². The maximum atomic E-state index is 13.6. The number of nitrogens with zero attached hydrogens (tertiary/aromatic N) is 2. The molecule has 0 unspecified atom stereocenters. The maximum absolute atomic E-state index is 13.6. The van der Waals surface area contributed by atoms with Crippen molar-refractivity contribution in [1.29, 1.82) is 0 Å². The van der Waals surface area contributed by atoms with Crippen molar-refractivity contribution in [3.8, 4) is 5.75 Å². The van der Waals surface area contributed by atoms with Crippen molar-refractivity contribution in [2.75, 3.05) is 23.3 Å². The molecule has 30 heavy (non-hydrogen) atoms. The van der Waals surface area contributed by atoms with Gasteiger partial charge < -0.3 is 19.9 Å². The third kappa shape index (κ3) is 3.94. The minimum Gasteiger partial charge on any atom is -0.490 e. The molecule has 2 N–H and O–H groups in total. The van der Waals surface area contributed by atoms with Gasteiger partial charge in [-0.25, -0.2) is 9.37 Å². The summed E-state index contributed by atoms with van der Waals surface area (Å²) in [5, 5.41) is 3.91. The Morgan fingerprint density at radius 2 is 1.87 bits per heavy atom. The van der Waals surface area contributed by atoms with Gasteiger partial charge in [0.1, 0.15) is 23.5 Å². The number of H-pyrrole nitrogens is 1. The summed E-state index contributed by atoms with van der Waals surface area (Å²) < 4.78 is 19.7. The molecule has 0 radical (unpaired) electrons. The van der Waals surface area contributed by atoms with Crippen molar-refractivity contribution in [3.63, 3.8) is 0 Å². The number of piperidine rings is 1. The summed E-state index contributed by atoms with van der Waals surface area (Å²) >= 11 is 0. The van der Waals surface area contributed by atoms with Gasteiger partial charge >= 0.3 is 0 Å². The second-order valence-electron chi connectivity index (χ2n) is 7.54. The van der Waals surface area contributed by atoms with Crippen LogP contribution < -0.4 is 15.0 Å². The number of aromatic amines is 1. The Kier molecular flexibility index (Phi) is 4.97. The molecule has 1 aliphatic rings. The molecule has 2 aromatic carbocycles. The van der Waals surface area contributed by atoms with E-state index in [0.29, 0.717) is 5.39 Å². The average molecular weight is 402 g/mol. The molecular weight excluding hydrogens is 379 g/mol. The zero-order valence-corrected chi connectivity index (χ0v) is 16.5. The van der Waals surface area contributed by atoms with Crippen molar-refractivity contribution in [2.24, 2.45) is 0 Å². The van der Waals surface area contributed by atoms with Crippen LogP contribution >= 0.6 is 0 Å². The second-order valence-corrected chi connectivity index (χ2v) is 7.54. The molecule has 2 aromatic heterocycles. The maximum Gasteiger partial charge on any atom is 0.148 e. The van der Waals surface area contributed by atoms with Crippen molar-refractivity contribution >= 4 is 28.1 Å². The molecular formula is C24H23FN4O. The van der Waals surface area contributed by atoms with Crippen molar-refractivity contribution < 1.29 is 9.13 Å². The number of pyridine rings is 1. The van der Waals surface area contributed by atoms with E-state index in [2.05, 4.69) is 26.3 Å². The molecule has 1 aliphatic heterocycles. The summed E-state index contributed by atoms with van der Waals surface area (Å²) in [6.45, 7) is 1.88. The fourth-order valence-corrected chi connectivity index (χ4v) is 3.92. The zero-order valence-electron chi connectivity index (χ0n) is 16.5. The minimum atomic E-state index is -0.240. The van der Waals surface area contributed by atoms with Crippen LogP contribution in [0, 0.1) is 5.82 Å². The van der Waals surface area contributed by atoms with Crippen LogP contribution in [-0.2, 0) is 0 Å². The lowest BCUT2D eigenvalue weighted by molar-refractivity contribution is 0.171. The third-order valence-electron chi connectivity index (χ3n) is 5.50. The van der Waals surface area contributed by atoms with Gasteiger partial charge in [0.05, 0.1) is 5.52 Å². The summed E-state index contributed by atoms with van der Waals surface area (Å²) in [4.78, 5) is 9.74. The number of benzene rings is 2. The number of para-hydroxylation sites is 1. The molecule has 0 bridgehead atoms. The van der Waals surface area contributed by atoms with E-state index in [0.717, 1.165) is 54.4 Å². The van der Waals surface area contributed by atoms with Crippen LogP contribution in [0.1, 0.15) is 12.8 Å². The van der Waals surface area contributed by atoms with Crippen LogP contribution in [0.25, 0.3) is 10.9 Å². The Hall–Kier alpha value is -3.54. The van der Waals surface area contributed by atoms with Gasteiger partial charge in [0.25, 0.3) is 0 Å². The first-order valence-electron chi connectivity index (χ1n) is 10.2. The van der Waals surface area contributed by atoms with Gasteiger partial charge in [-0.15, -0.1) is 0 Å². The van der Waals surface area contributed by atoms with Crippen LogP contribution in [-0.4, -0.2) is 29.2 Å². The lowest BCUT2D eigenvalue weighted by Crippen LogP contribution is -2.38. The Bertz CT molecular complexity index is 1140. The molecule has 1 saturated heterocycles. The van der Waals surface area contributed by atoms with Crippen molar-refractivity contribution in [1.82, 2.24) is 9.97 Å². The smallest absolute Gasteiger partial charge is 0.148 e. The third-order valence-corrected chi connectivity index (χ3v) is 5.50. The summed E-state index contributed by atoms with van der Waals surface area (Å²) in [7, 11) is 0. The number of fused-ring (bicyclic) bond motifs is 1. The Balaban J connectivity index is 1.23. The molecule has 5 rings (SSSR count). The molecule has 0 amide bonds. The molecule has 3 heterocycles. The molecule has 0 atom stereocenters. The number of rotatable bonds is 5. The Morgan fingerprint density at radius 1 is 1.03 bits per heavy atom. The monoisotopic (exact) mass is 402 g/mol. The van der Waals surface area contributed by atoms with Gasteiger partial charge in [-0.05, 0) is 36.4 Å². The number of halogens is 1. The number of hydrogen-bond acceptors (Lipinski definition) is 4. The lowest BCUT2D eigenvalue weighted by Gasteiger charge is -2.33. The van der Waals surface area contributed by atoms with E-state index in [-0.39, 0.29) is 11.9 Å². The highest BCUT2D eigenvalue weighted by atomic mass is 19.1. The fourth-order valence-electron chi connectivity index (χ4n) is 3.92. The van der Waals surface area contributed by atoms with E-state index in [1.807, 2.05) is 54.7 Å². The van der Waals surface area contributed by atoms with Crippen LogP contribution in [0.15, 0.2) is 73.1 Å². The van der Waals surface area contributed by atoms with Gasteiger partial charge in [0.2, 0.25) is 0 Å². The lowest BCUT2D eigenvalue weighted by atomic mass is 10.1. The number of hydrogen-bond donors (Lipinski definition) is 2. The predicted molar refractivity (Wildman–Crippen MR) is 118 cm³/mol. The van der Waals surface area contributed by atoms with E-state index in [9.17, 15) is 4.39 Å². The average Bonchev–Trinajstić information content (AvgIpc) is 3.15. The van der Waals surface area contributed by atoms with E-state index >= 15 is 0 Å².